The summed E-state index contributed by atoms with van der Waals surface area (Å²) in [6.07, 6.45) is 17.9. The molecule has 1 heteroatoms. The minimum Gasteiger partial charge on any atom is -0.236 e. The van der Waals surface area contributed by atoms with Crippen molar-refractivity contribution in [2.24, 2.45) is 5.92 Å². The van der Waals surface area contributed by atoms with E-state index in [1.807, 2.05) is 0 Å². The maximum atomic E-state index is 10.6. The van der Waals surface area contributed by atoms with Crippen LogP contribution in [0, 0.1) is 5.92 Å². The van der Waals surface area contributed by atoms with Gasteiger partial charge in [0.15, 0.2) is 0 Å². The van der Waals surface area contributed by atoms with Gasteiger partial charge in [0.1, 0.15) is 0 Å². The maximum Gasteiger partial charge on any atom is 0.0847 e. The van der Waals surface area contributed by atoms with Gasteiger partial charge >= 0.3 is 0 Å². The van der Waals surface area contributed by atoms with Crippen molar-refractivity contribution in [1.82, 2.24) is 0 Å². The zero-order valence-electron chi connectivity index (χ0n) is 12.9. The Bertz CT molecular complexity index is 145. The molecule has 1 nitrogen and oxygen atoms in total. The third kappa shape index (κ3) is 14.0. The van der Waals surface area contributed by atoms with Gasteiger partial charge in [-0.3, -0.25) is 0 Å². The summed E-state index contributed by atoms with van der Waals surface area (Å²) in [5.74, 6) is 0.396. The van der Waals surface area contributed by atoms with E-state index in [2.05, 4.69) is 13.8 Å². The maximum absolute atomic E-state index is 10.6. The molecular weight excluding hydrogens is 220 g/mol. The monoisotopic (exact) mass is 255 g/mol. The Morgan fingerprint density at radius 1 is 0.667 bits per heavy atom. The van der Waals surface area contributed by atoms with Gasteiger partial charge < -0.3 is 0 Å². The van der Waals surface area contributed by atoms with Gasteiger partial charge in [-0.1, -0.05) is 90.9 Å². The minimum absolute atomic E-state index is 0.109. The lowest BCUT2D eigenvalue weighted by atomic mass is 10.0. The van der Waals surface area contributed by atoms with Gasteiger partial charge in [-0.2, -0.15) is 0 Å². The summed E-state index contributed by atoms with van der Waals surface area (Å²) in [6.45, 7) is 4.46. The lowest BCUT2D eigenvalue weighted by molar-refractivity contribution is 0.145. The van der Waals surface area contributed by atoms with Crippen molar-refractivity contribution in [1.29, 1.82) is 0 Å². The fourth-order valence-corrected chi connectivity index (χ4v) is 2.42. The fourth-order valence-electron chi connectivity index (χ4n) is 2.42. The molecule has 0 bridgehead atoms. The molecule has 0 aliphatic carbocycles. The molecular formula is C17H35O. The van der Waals surface area contributed by atoms with E-state index in [-0.39, 0.29) is 6.61 Å². The number of unbranched alkanes of at least 4 members (excludes halogenated alkanes) is 11. The lowest BCUT2D eigenvalue weighted by Crippen LogP contribution is -1.98. The van der Waals surface area contributed by atoms with Gasteiger partial charge in [-0.25, -0.2) is 5.11 Å². The van der Waals surface area contributed by atoms with Crippen LogP contribution in [-0.2, 0) is 5.11 Å². The molecule has 0 amide bonds. The molecule has 0 aliphatic heterocycles. The van der Waals surface area contributed by atoms with Crippen LogP contribution in [0.25, 0.3) is 0 Å². The first-order valence-electron chi connectivity index (χ1n) is 8.39. The SMILES string of the molecule is CCCCCCCCCCCCCCC(C)C[O]. The second-order valence-corrected chi connectivity index (χ2v) is 5.95. The van der Waals surface area contributed by atoms with Crippen LogP contribution in [0.4, 0.5) is 0 Å². The summed E-state index contributed by atoms with van der Waals surface area (Å²) in [5.41, 5.74) is 0. The van der Waals surface area contributed by atoms with E-state index in [9.17, 15) is 5.11 Å². The number of hydrogen-bond donors (Lipinski definition) is 0. The summed E-state index contributed by atoms with van der Waals surface area (Å²) in [7, 11) is 0. The highest BCUT2D eigenvalue weighted by Gasteiger charge is 1.99. The van der Waals surface area contributed by atoms with E-state index in [0.717, 1.165) is 6.42 Å². The topological polar surface area (TPSA) is 19.9 Å². The normalized spacial score (nSPS) is 12.8. The Morgan fingerprint density at radius 3 is 1.44 bits per heavy atom. The fraction of sp³-hybridized carbons (Fsp3) is 1.00. The van der Waals surface area contributed by atoms with Crippen molar-refractivity contribution in [2.45, 2.75) is 97.3 Å². The third-order valence-corrected chi connectivity index (χ3v) is 3.83. The lowest BCUT2D eigenvalue weighted by Gasteiger charge is -2.06. The third-order valence-electron chi connectivity index (χ3n) is 3.83. The van der Waals surface area contributed by atoms with Crippen molar-refractivity contribution < 1.29 is 5.11 Å². The molecule has 0 saturated carbocycles. The van der Waals surface area contributed by atoms with Crippen LogP contribution in [0.15, 0.2) is 0 Å². The number of rotatable bonds is 14. The van der Waals surface area contributed by atoms with Crippen molar-refractivity contribution in [3.63, 3.8) is 0 Å². The van der Waals surface area contributed by atoms with E-state index in [4.69, 9.17) is 0 Å². The van der Waals surface area contributed by atoms with Gasteiger partial charge in [0, 0.05) is 0 Å². The molecule has 0 N–H and O–H groups in total. The van der Waals surface area contributed by atoms with Crippen molar-refractivity contribution >= 4 is 0 Å². The van der Waals surface area contributed by atoms with E-state index < -0.39 is 0 Å². The van der Waals surface area contributed by atoms with Crippen LogP contribution < -0.4 is 0 Å². The smallest absolute Gasteiger partial charge is 0.0847 e. The quantitative estimate of drug-likeness (QED) is 0.332. The summed E-state index contributed by atoms with van der Waals surface area (Å²) in [5, 5.41) is 10.6. The van der Waals surface area contributed by atoms with Gasteiger partial charge in [0.25, 0.3) is 0 Å². The molecule has 0 heterocycles. The summed E-state index contributed by atoms with van der Waals surface area (Å²) in [6, 6.07) is 0. The number of hydrogen-bond acceptors (Lipinski definition) is 0. The first-order valence-corrected chi connectivity index (χ1v) is 8.39. The van der Waals surface area contributed by atoms with Gasteiger partial charge in [0.2, 0.25) is 0 Å². The molecule has 0 aliphatic rings. The predicted octanol–water partition coefficient (Wildman–Crippen LogP) is 6.14. The van der Waals surface area contributed by atoms with Crippen LogP contribution in [0.2, 0.25) is 0 Å². The standard InChI is InChI=1S/C17H35O/c1-3-4-5-6-7-8-9-10-11-12-13-14-15-17(2)16-18/h17H,3-16H2,1-2H3. The Balaban J connectivity index is 2.94. The molecule has 0 spiro atoms. The summed E-state index contributed by atoms with van der Waals surface area (Å²) >= 11 is 0. The molecule has 0 aromatic carbocycles. The molecule has 1 unspecified atom stereocenters. The van der Waals surface area contributed by atoms with Crippen LogP contribution in [0.5, 0.6) is 0 Å². The minimum atomic E-state index is 0.109. The molecule has 1 radical (unpaired) electrons. The molecule has 0 fully saturated rings. The van der Waals surface area contributed by atoms with Crippen molar-refractivity contribution in [2.75, 3.05) is 6.61 Å². The van der Waals surface area contributed by atoms with Crippen LogP contribution in [0.1, 0.15) is 97.3 Å². The van der Waals surface area contributed by atoms with Crippen LogP contribution >= 0.6 is 0 Å². The van der Waals surface area contributed by atoms with Gasteiger partial charge in [-0.15, -0.1) is 0 Å². The zero-order valence-corrected chi connectivity index (χ0v) is 12.9. The highest BCUT2D eigenvalue weighted by molar-refractivity contribution is 4.52. The van der Waals surface area contributed by atoms with Crippen molar-refractivity contribution in [3.8, 4) is 0 Å². The van der Waals surface area contributed by atoms with Gasteiger partial charge in [-0.05, 0) is 12.3 Å². The first kappa shape index (κ1) is 18.0. The summed E-state index contributed by atoms with van der Waals surface area (Å²) < 4.78 is 0. The average Bonchev–Trinajstić information content (AvgIpc) is 2.39. The second kappa shape index (κ2) is 15.0. The van der Waals surface area contributed by atoms with E-state index >= 15 is 0 Å². The van der Waals surface area contributed by atoms with Crippen molar-refractivity contribution in [3.05, 3.63) is 0 Å². The molecule has 109 valence electrons. The second-order valence-electron chi connectivity index (χ2n) is 5.95. The molecule has 18 heavy (non-hydrogen) atoms. The van der Waals surface area contributed by atoms with E-state index in [0.29, 0.717) is 5.92 Å². The molecule has 0 aromatic rings. The first-order chi connectivity index (χ1) is 8.81. The highest BCUT2D eigenvalue weighted by atomic mass is 16.3. The molecule has 0 saturated heterocycles. The zero-order chi connectivity index (χ0) is 13.5. The highest BCUT2D eigenvalue weighted by Crippen LogP contribution is 2.14. The Morgan fingerprint density at radius 2 is 1.06 bits per heavy atom. The molecule has 1 atom stereocenters. The van der Waals surface area contributed by atoms with E-state index in [1.54, 1.807) is 0 Å². The van der Waals surface area contributed by atoms with Crippen LogP contribution in [-0.4, -0.2) is 6.61 Å². The predicted molar refractivity (Wildman–Crippen MR) is 80.4 cm³/mol. The Labute approximate surface area is 115 Å². The van der Waals surface area contributed by atoms with E-state index in [1.165, 1.54) is 77.0 Å². The van der Waals surface area contributed by atoms with Gasteiger partial charge in [0.05, 0.1) is 6.61 Å². The summed E-state index contributed by atoms with van der Waals surface area (Å²) in [4.78, 5) is 0. The largest absolute Gasteiger partial charge is 0.236 e. The van der Waals surface area contributed by atoms with Crippen LogP contribution in [0.3, 0.4) is 0 Å². The molecule has 0 aromatic heterocycles. The average molecular weight is 255 g/mol. The molecule has 0 rings (SSSR count). The Kier molecular flexibility index (Phi) is 15.0. The Hall–Kier alpha value is -0.0400.